The molecular formula is C26H25BrN4O3. The molecule has 0 radical (unpaired) electrons. The number of carbonyl (C=O) groups is 1. The van der Waals surface area contributed by atoms with Crippen LogP contribution in [0.15, 0.2) is 51.9 Å². The van der Waals surface area contributed by atoms with Crippen molar-refractivity contribution in [3.63, 3.8) is 0 Å². The van der Waals surface area contributed by atoms with Crippen molar-refractivity contribution in [2.75, 3.05) is 12.4 Å². The standard InChI is InChI=1S/C26H25BrN4O3/c1-33-22-7-18-17-4-2-3-5-20(17)34-21(18)8-19(22)29-23(32)25-9-15-6-16(10-25)12-26(11-15,13-25)31-14-28-24(27)30-31/h2-5,7-8,14-16H,6,9-13H2,1H3,(H,29,32). The number of hydrogen-bond acceptors (Lipinski definition) is 5. The number of benzene rings is 2. The number of fused-ring (bicyclic) bond motifs is 3. The van der Waals surface area contributed by atoms with Crippen LogP contribution in [0.1, 0.15) is 38.5 Å². The average molecular weight is 521 g/mol. The van der Waals surface area contributed by atoms with Gasteiger partial charge in [-0.05, 0) is 78.4 Å². The Labute approximate surface area is 205 Å². The fourth-order valence-electron chi connectivity index (χ4n) is 7.49. The lowest BCUT2D eigenvalue weighted by Crippen LogP contribution is -2.60. The molecule has 0 saturated heterocycles. The third kappa shape index (κ3) is 2.90. The van der Waals surface area contributed by atoms with Crippen molar-refractivity contribution >= 4 is 49.5 Å². The quantitative estimate of drug-likeness (QED) is 0.363. The lowest BCUT2D eigenvalue weighted by molar-refractivity contribution is -0.150. The Morgan fingerprint density at radius 1 is 1.15 bits per heavy atom. The first-order valence-corrected chi connectivity index (χ1v) is 12.6. The van der Waals surface area contributed by atoms with Gasteiger partial charge in [0.2, 0.25) is 10.6 Å². The maximum absolute atomic E-state index is 14.0. The number of nitrogens with zero attached hydrogens (tertiary/aromatic N) is 3. The third-order valence-corrected chi connectivity index (χ3v) is 8.77. The summed E-state index contributed by atoms with van der Waals surface area (Å²) < 4.78 is 14.4. The Kier molecular flexibility index (Phi) is 4.26. The fourth-order valence-corrected chi connectivity index (χ4v) is 7.75. The molecule has 0 aliphatic heterocycles. The Bertz CT molecular complexity index is 1440. The summed E-state index contributed by atoms with van der Waals surface area (Å²) in [6.45, 7) is 0. The second kappa shape index (κ2) is 7.07. The molecule has 2 aromatic heterocycles. The monoisotopic (exact) mass is 520 g/mol. The molecule has 2 heterocycles. The second-order valence-corrected chi connectivity index (χ2v) is 11.2. The van der Waals surface area contributed by atoms with Gasteiger partial charge in [-0.1, -0.05) is 18.2 Å². The number of amides is 1. The van der Waals surface area contributed by atoms with Crippen molar-refractivity contribution < 1.29 is 13.9 Å². The molecule has 34 heavy (non-hydrogen) atoms. The molecule has 2 unspecified atom stereocenters. The summed E-state index contributed by atoms with van der Waals surface area (Å²) in [6, 6.07) is 11.8. The molecule has 7 nitrogen and oxygen atoms in total. The highest BCUT2D eigenvalue weighted by atomic mass is 79.9. The van der Waals surface area contributed by atoms with E-state index in [1.807, 2.05) is 47.4 Å². The van der Waals surface area contributed by atoms with Gasteiger partial charge in [0.25, 0.3) is 0 Å². The van der Waals surface area contributed by atoms with E-state index >= 15 is 0 Å². The van der Waals surface area contributed by atoms with Gasteiger partial charge in [0.05, 0.1) is 23.8 Å². The smallest absolute Gasteiger partial charge is 0.230 e. The SMILES string of the molecule is COc1cc2c(cc1NC(=O)C13CC4CC(C1)CC(n1cnc(Br)n1)(C4)C3)oc1ccccc12. The highest BCUT2D eigenvalue weighted by molar-refractivity contribution is 9.10. The van der Waals surface area contributed by atoms with Gasteiger partial charge in [-0.25, -0.2) is 9.67 Å². The van der Waals surface area contributed by atoms with Crippen molar-refractivity contribution in [2.24, 2.45) is 17.3 Å². The van der Waals surface area contributed by atoms with Crippen LogP contribution >= 0.6 is 15.9 Å². The van der Waals surface area contributed by atoms with Crippen LogP contribution in [-0.2, 0) is 10.3 Å². The number of furan rings is 1. The maximum Gasteiger partial charge on any atom is 0.230 e. The van der Waals surface area contributed by atoms with E-state index in [2.05, 4.69) is 31.3 Å². The van der Waals surface area contributed by atoms with Crippen LogP contribution in [0.4, 0.5) is 5.69 Å². The fraction of sp³-hybridized carbons (Fsp3) is 0.423. The molecule has 4 aliphatic rings. The van der Waals surface area contributed by atoms with Crippen LogP contribution in [0, 0.1) is 17.3 Å². The van der Waals surface area contributed by atoms with E-state index in [0.29, 0.717) is 28.0 Å². The highest BCUT2D eigenvalue weighted by Crippen LogP contribution is 2.64. The predicted octanol–water partition coefficient (Wildman–Crippen LogP) is 5.88. The van der Waals surface area contributed by atoms with E-state index in [1.165, 1.54) is 6.42 Å². The molecule has 1 N–H and O–H groups in total. The molecule has 2 aromatic carbocycles. The third-order valence-electron chi connectivity index (χ3n) is 8.41. The average Bonchev–Trinajstić information content (AvgIpc) is 3.41. The normalized spacial score (nSPS) is 29.7. The predicted molar refractivity (Wildman–Crippen MR) is 132 cm³/mol. The zero-order chi connectivity index (χ0) is 23.1. The van der Waals surface area contributed by atoms with Crippen LogP contribution < -0.4 is 10.1 Å². The van der Waals surface area contributed by atoms with Gasteiger partial charge in [0.15, 0.2) is 0 Å². The zero-order valence-electron chi connectivity index (χ0n) is 18.9. The van der Waals surface area contributed by atoms with E-state index in [1.54, 1.807) is 7.11 Å². The molecule has 0 spiro atoms. The molecule has 174 valence electrons. The summed E-state index contributed by atoms with van der Waals surface area (Å²) in [5.41, 5.74) is 1.69. The number of halogens is 1. The van der Waals surface area contributed by atoms with E-state index in [0.717, 1.165) is 54.0 Å². The minimum atomic E-state index is -0.406. The van der Waals surface area contributed by atoms with Gasteiger partial charge in [-0.3, -0.25) is 4.79 Å². The first-order valence-electron chi connectivity index (χ1n) is 11.9. The van der Waals surface area contributed by atoms with Crippen LogP contribution in [0.25, 0.3) is 21.9 Å². The van der Waals surface area contributed by atoms with Crippen LogP contribution in [-0.4, -0.2) is 27.8 Å². The number of aromatic nitrogens is 3. The number of rotatable bonds is 4. The molecule has 4 fully saturated rings. The largest absolute Gasteiger partial charge is 0.495 e. The van der Waals surface area contributed by atoms with Gasteiger partial charge in [-0.2, -0.15) is 0 Å². The first kappa shape index (κ1) is 20.5. The van der Waals surface area contributed by atoms with E-state index in [4.69, 9.17) is 9.15 Å². The molecule has 1 amide bonds. The molecule has 2 atom stereocenters. The lowest BCUT2D eigenvalue weighted by Gasteiger charge is -2.60. The Morgan fingerprint density at radius 2 is 1.94 bits per heavy atom. The van der Waals surface area contributed by atoms with Crippen molar-refractivity contribution in [3.8, 4) is 5.75 Å². The van der Waals surface area contributed by atoms with E-state index in [9.17, 15) is 4.79 Å². The van der Waals surface area contributed by atoms with Gasteiger partial charge < -0.3 is 14.5 Å². The van der Waals surface area contributed by atoms with Crippen LogP contribution in [0.5, 0.6) is 5.75 Å². The molecule has 8 rings (SSSR count). The van der Waals surface area contributed by atoms with Gasteiger partial charge in [-0.15, -0.1) is 5.10 Å². The molecule has 4 aromatic rings. The van der Waals surface area contributed by atoms with Gasteiger partial charge in [0.1, 0.15) is 23.2 Å². The molecule has 4 saturated carbocycles. The van der Waals surface area contributed by atoms with Crippen molar-refractivity contribution in [1.29, 1.82) is 0 Å². The van der Waals surface area contributed by atoms with Crippen molar-refractivity contribution in [3.05, 3.63) is 47.5 Å². The number of carbonyl (C=O) groups excluding carboxylic acids is 1. The zero-order valence-corrected chi connectivity index (χ0v) is 20.5. The van der Waals surface area contributed by atoms with Crippen LogP contribution in [0.2, 0.25) is 0 Å². The maximum atomic E-state index is 14.0. The Hall–Kier alpha value is -2.87. The van der Waals surface area contributed by atoms with E-state index < -0.39 is 5.41 Å². The number of ether oxygens (including phenoxy) is 1. The van der Waals surface area contributed by atoms with Gasteiger partial charge >= 0.3 is 0 Å². The summed E-state index contributed by atoms with van der Waals surface area (Å²) >= 11 is 3.40. The highest BCUT2D eigenvalue weighted by Gasteiger charge is 2.61. The number of hydrogen-bond donors (Lipinski definition) is 1. The van der Waals surface area contributed by atoms with Crippen molar-refractivity contribution in [2.45, 2.75) is 44.1 Å². The number of nitrogens with one attached hydrogen (secondary N) is 1. The van der Waals surface area contributed by atoms with Crippen molar-refractivity contribution in [1.82, 2.24) is 14.8 Å². The minimum absolute atomic E-state index is 0.0823. The Morgan fingerprint density at radius 3 is 2.68 bits per heavy atom. The first-order chi connectivity index (χ1) is 16.5. The summed E-state index contributed by atoms with van der Waals surface area (Å²) in [7, 11) is 1.64. The summed E-state index contributed by atoms with van der Waals surface area (Å²) in [4.78, 5) is 18.3. The number of anilines is 1. The molecule has 4 bridgehead atoms. The van der Waals surface area contributed by atoms with E-state index in [-0.39, 0.29) is 11.4 Å². The molecule has 8 heteroatoms. The molecule has 4 aliphatic carbocycles. The lowest BCUT2D eigenvalue weighted by atomic mass is 9.46. The molecular weight excluding hydrogens is 496 g/mol. The number of para-hydroxylation sites is 1. The summed E-state index contributed by atoms with van der Waals surface area (Å²) in [5, 5.41) is 9.89. The minimum Gasteiger partial charge on any atom is -0.495 e. The summed E-state index contributed by atoms with van der Waals surface area (Å²) in [6.07, 6.45) is 7.83. The topological polar surface area (TPSA) is 82.2 Å². The summed E-state index contributed by atoms with van der Waals surface area (Å²) in [5.74, 6) is 1.80. The van der Waals surface area contributed by atoms with Crippen LogP contribution in [0.3, 0.4) is 0 Å². The Balaban J connectivity index is 1.26. The number of methoxy groups -OCH3 is 1. The van der Waals surface area contributed by atoms with Gasteiger partial charge in [0, 0.05) is 16.8 Å². The second-order valence-electron chi connectivity index (χ2n) is 10.5.